The predicted octanol–water partition coefficient (Wildman–Crippen LogP) is 3.86. The Labute approximate surface area is 237 Å². The summed E-state index contributed by atoms with van der Waals surface area (Å²) in [6.45, 7) is 4.03. The van der Waals surface area contributed by atoms with Crippen molar-refractivity contribution >= 4 is 11.9 Å². The van der Waals surface area contributed by atoms with E-state index >= 15 is 0 Å². The van der Waals surface area contributed by atoms with E-state index in [0.29, 0.717) is 45.3 Å². The molecule has 3 aromatic carbocycles. The van der Waals surface area contributed by atoms with E-state index in [-0.39, 0.29) is 17.9 Å². The normalized spacial score (nSPS) is 18.3. The zero-order valence-electron chi connectivity index (χ0n) is 23.0. The van der Waals surface area contributed by atoms with Crippen LogP contribution in [0.25, 0.3) is 0 Å². The summed E-state index contributed by atoms with van der Waals surface area (Å²) >= 11 is 0. The summed E-state index contributed by atoms with van der Waals surface area (Å²) in [6.07, 6.45) is 2.74. The Kier molecular flexibility index (Phi) is 8.52. The lowest BCUT2D eigenvalue weighted by atomic mass is 9.62. The Morgan fingerprint density at radius 3 is 1.82 bits per heavy atom. The molecule has 5 rings (SSSR count). The maximum Gasteiger partial charge on any atom is 0.317 e. The largest absolute Gasteiger partial charge is 0.385 e. The quantitative estimate of drug-likeness (QED) is 0.404. The van der Waals surface area contributed by atoms with Crippen LogP contribution in [-0.4, -0.2) is 66.1 Å². The Balaban J connectivity index is 1.15. The van der Waals surface area contributed by atoms with E-state index in [1.165, 1.54) is 0 Å². The topological polar surface area (TPSA) is 98.9 Å². The third kappa shape index (κ3) is 5.62. The van der Waals surface area contributed by atoms with Crippen molar-refractivity contribution in [3.63, 3.8) is 0 Å². The van der Waals surface area contributed by atoms with Crippen LogP contribution in [0.5, 0.6) is 0 Å². The average molecular weight is 541 g/mol. The number of hydrogen-bond acceptors (Lipinski definition) is 4. The molecule has 0 radical (unpaired) electrons. The molecule has 0 spiro atoms. The van der Waals surface area contributed by atoms with Crippen molar-refractivity contribution < 1.29 is 14.7 Å². The first-order valence-electron chi connectivity index (χ1n) is 14.4. The summed E-state index contributed by atoms with van der Waals surface area (Å²) in [4.78, 5) is 30.4. The predicted molar refractivity (Wildman–Crippen MR) is 157 cm³/mol. The van der Waals surface area contributed by atoms with Gasteiger partial charge in [-0.05, 0) is 48.3 Å². The Bertz CT molecular complexity index is 1210. The molecule has 0 saturated carbocycles. The first-order valence-corrected chi connectivity index (χ1v) is 14.4. The minimum Gasteiger partial charge on any atom is -0.385 e. The number of nitrogens with zero attached hydrogens (tertiary/aromatic N) is 2. The summed E-state index contributed by atoms with van der Waals surface area (Å²) in [7, 11) is 0. The highest BCUT2D eigenvalue weighted by Gasteiger charge is 2.48. The van der Waals surface area contributed by atoms with Crippen LogP contribution in [0, 0.1) is 5.92 Å². The number of carbonyl (C=O) groups excluding carboxylic acids is 2. The lowest BCUT2D eigenvalue weighted by Gasteiger charge is -2.43. The Morgan fingerprint density at radius 2 is 1.32 bits per heavy atom. The molecule has 2 aliphatic heterocycles. The van der Waals surface area contributed by atoms with Gasteiger partial charge in [0.15, 0.2) is 0 Å². The number of piperidine rings is 2. The van der Waals surface area contributed by atoms with E-state index in [4.69, 9.17) is 5.73 Å². The fraction of sp³-hybridized carbons (Fsp3) is 0.394. The summed E-state index contributed by atoms with van der Waals surface area (Å²) < 4.78 is 0. The number of likely N-dealkylation sites (tertiary alicyclic amines) is 2. The van der Waals surface area contributed by atoms with Crippen LogP contribution in [0.3, 0.4) is 0 Å². The number of urea groups is 1. The van der Waals surface area contributed by atoms with E-state index in [2.05, 4.69) is 10.2 Å². The second-order valence-electron chi connectivity index (χ2n) is 11.1. The van der Waals surface area contributed by atoms with Gasteiger partial charge in [0.05, 0.1) is 5.60 Å². The molecule has 0 bridgehead atoms. The molecule has 210 valence electrons. The minimum atomic E-state index is -0.943. The van der Waals surface area contributed by atoms with Gasteiger partial charge >= 0.3 is 6.03 Å². The molecule has 7 heteroatoms. The van der Waals surface area contributed by atoms with Gasteiger partial charge in [0, 0.05) is 39.3 Å². The van der Waals surface area contributed by atoms with Crippen LogP contribution in [0.1, 0.15) is 42.4 Å². The number of aliphatic hydroxyl groups is 1. The fourth-order valence-electron chi connectivity index (χ4n) is 6.66. The van der Waals surface area contributed by atoms with Crippen molar-refractivity contribution in [2.45, 2.75) is 36.7 Å². The average Bonchev–Trinajstić information content (AvgIpc) is 3.00. The van der Waals surface area contributed by atoms with E-state index in [1.54, 1.807) is 0 Å². The van der Waals surface area contributed by atoms with Crippen molar-refractivity contribution in [1.29, 1.82) is 0 Å². The van der Waals surface area contributed by atoms with E-state index in [1.807, 2.05) is 95.9 Å². The van der Waals surface area contributed by atoms with Crippen molar-refractivity contribution in [1.82, 2.24) is 15.1 Å². The first-order chi connectivity index (χ1) is 19.4. The highest BCUT2D eigenvalue weighted by Crippen LogP contribution is 2.44. The third-order valence-corrected chi connectivity index (χ3v) is 8.94. The summed E-state index contributed by atoms with van der Waals surface area (Å²) in [5, 5.41) is 14.2. The smallest absolute Gasteiger partial charge is 0.317 e. The van der Waals surface area contributed by atoms with Crippen molar-refractivity contribution in [2.75, 3.05) is 39.3 Å². The number of carbonyl (C=O) groups is 2. The number of nitrogens with two attached hydrogens (primary N) is 1. The van der Waals surface area contributed by atoms with Crippen LogP contribution in [-0.2, 0) is 15.8 Å². The van der Waals surface area contributed by atoms with Crippen molar-refractivity contribution in [3.8, 4) is 0 Å². The van der Waals surface area contributed by atoms with Crippen LogP contribution in [0.15, 0.2) is 91.0 Å². The Morgan fingerprint density at radius 1 is 0.825 bits per heavy atom. The molecule has 2 saturated heterocycles. The molecule has 3 aromatic rings. The van der Waals surface area contributed by atoms with Crippen LogP contribution in [0.2, 0.25) is 0 Å². The third-order valence-electron chi connectivity index (χ3n) is 8.94. The second kappa shape index (κ2) is 12.2. The van der Waals surface area contributed by atoms with Crippen LogP contribution < -0.4 is 11.1 Å². The molecule has 40 heavy (non-hydrogen) atoms. The van der Waals surface area contributed by atoms with Crippen molar-refractivity contribution in [2.24, 2.45) is 11.7 Å². The standard InChI is InChI=1S/C33H40N4O3/c34-30(38)33(27-12-6-2-7-13-27,28-14-8-3-9-15-28)29-16-21-37(22-17-29)31(39)35-20-25-36-23-18-32(40,19-24-36)26-10-4-1-5-11-26/h1-15,29,40H,16-25H2,(H2,34,38)(H,35,39). The van der Waals surface area contributed by atoms with E-state index < -0.39 is 11.0 Å². The molecular formula is C33H40N4O3. The number of benzene rings is 3. The molecule has 2 heterocycles. The Hall–Kier alpha value is -3.68. The highest BCUT2D eigenvalue weighted by molar-refractivity contribution is 5.91. The van der Waals surface area contributed by atoms with Gasteiger partial charge in [-0.15, -0.1) is 0 Å². The molecule has 0 unspecified atom stereocenters. The van der Waals surface area contributed by atoms with Gasteiger partial charge in [-0.1, -0.05) is 91.0 Å². The maximum atomic E-state index is 13.3. The van der Waals surface area contributed by atoms with E-state index in [0.717, 1.165) is 36.3 Å². The molecule has 3 amide bonds. The summed E-state index contributed by atoms with van der Waals surface area (Å²) in [6, 6.07) is 29.4. The summed E-state index contributed by atoms with van der Waals surface area (Å²) in [5.41, 5.74) is 7.26. The number of hydrogen-bond donors (Lipinski definition) is 3. The SMILES string of the molecule is NC(=O)C(c1ccccc1)(c1ccccc1)C1CCN(C(=O)NCCN2CCC(O)(c3ccccc3)CC2)CC1. The molecule has 0 atom stereocenters. The molecule has 0 aromatic heterocycles. The van der Waals surface area contributed by atoms with Gasteiger partial charge in [0.2, 0.25) is 5.91 Å². The number of primary amides is 1. The van der Waals surface area contributed by atoms with Crippen molar-refractivity contribution in [3.05, 3.63) is 108 Å². The highest BCUT2D eigenvalue weighted by atomic mass is 16.3. The minimum absolute atomic E-state index is 0.0180. The molecule has 0 aliphatic carbocycles. The lowest BCUT2D eigenvalue weighted by Crippen LogP contribution is -2.54. The van der Waals surface area contributed by atoms with Gasteiger partial charge in [-0.2, -0.15) is 0 Å². The number of rotatable bonds is 8. The maximum absolute atomic E-state index is 13.3. The van der Waals surface area contributed by atoms with E-state index in [9.17, 15) is 14.7 Å². The van der Waals surface area contributed by atoms with Gasteiger partial charge in [0.1, 0.15) is 5.41 Å². The molecule has 2 aliphatic rings. The van der Waals surface area contributed by atoms with Crippen LogP contribution in [0.4, 0.5) is 4.79 Å². The fourth-order valence-corrected chi connectivity index (χ4v) is 6.66. The van der Waals surface area contributed by atoms with Gasteiger partial charge in [-0.25, -0.2) is 4.79 Å². The lowest BCUT2D eigenvalue weighted by molar-refractivity contribution is -0.124. The summed E-state index contributed by atoms with van der Waals surface area (Å²) in [5.74, 6) is -0.371. The molecule has 7 nitrogen and oxygen atoms in total. The monoisotopic (exact) mass is 540 g/mol. The second-order valence-corrected chi connectivity index (χ2v) is 11.1. The zero-order valence-corrected chi connectivity index (χ0v) is 23.0. The van der Waals surface area contributed by atoms with Crippen LogP contribution >= 0.6 is 0 Å². The molecular weight excluding hydrogens is 500 g/mol. The first kappa shape index (κ1) is 27.9. The zero-order chi connectivity index (χ0) is 28.0. The number of amides is 3. The molecule has 2 fully saturated rings. The van der Waals surface area contributed by atoms with Gasteiger partial charge < -0.3 is 26.0 Å². The van der Waals surface area contributed by atoms with Gasteiger partial charge in [0.25, 0.3) is 0 Å². The molecule has 4 N–H and O–H groups in total. The number of nitrogens with one attached hydrogen (secondary N) is 1. The van der Waals surface area contributed by atoms with Gasteiger partial charge in [-0.3, -0.25) is 4.79 Å².